The minimum Gasteiger partial charge on any atom is -0.337 e. The smallest absolute Gasteiger partial charge is 0.273 e. The molecule has 0 bridgehead atoms. The van der Waals surface area contributed by atoms with Crippen LogP contribution in [0, 0.1) is 16.7 Å². The Hall–Kier alpha value is -1.41. The summed E-state index contributed by atoms with van der Waals surface area (Å²) in [4.78, 5) is 18.1. The van der Waals surface area contributed by atoms with E-state index >= 15 is 0 Å². The first-order valence-electron chi connectivity index (χ1n) is 5.87. The zero-order valence-electron chi connectivity index (χ0n) is 10.2. The van der Waals surface area contributed by atoms with E-state index in [0.29, 0.717) is 23.3 Å². The number of hydrogen-bond donors (Lipinski definition) is 0. The highest BCUT2D eigenvalue weighted by molar-refractivity contribution is 9.10. The molecule has 1 aliphatic heterocycles. The standard InChI is InChI=1S/C13H14BrN3O/c1-13(9-15)4-7-17(8-5-13)12(18)11-10(14)3-2-6-16-11/h2-3,6H,4-5,7-8H2,1H3. The molecule has 0 radical (unpaired) electrons. The first kappa shape index (κ1) is 13.0. The fraction of sp³-hybridized carbons (Fsp3) is 0.462. The van der Waals surface area contributed by atoms with E-state index < -0.39 is 0 Å². The van der Waals surface area contributed by atoms with Crippen molar-refractivity contribution < 1.29 is 4.79 Å². The molecule has 4 nitrogen and oxygen atoms in total. The third kappa shape index (κ3) is 2.54. The van der Waals surface area contributed by atoms with Crippen LogP contribution in [-0.4, -0.2) is 28.9 Å². The molecule has 0 saturated carbocycles. The lowest BCUT2D eigenvalue weighted by atomic mass is 9.82. The number of rotatable bonds is 1. The molecule has 0 unspecified atom stereocenters. The molecule has 18 heavy (non-hydrogen) atoms. The molecule has 94 valence electrons. The Labute approximate surface area is 115 Å². The van der Waals surface area contributed by atoms with Crippen molar-refractivity contribution in [3.05, 3.63) is 28.5 Å². The fourth-order valence-corrected chi connectivity index (χ4v) is 2.43. The zero-order valence-corrected chi connectivity index (χ0v) is 11.8. The first-order valence-corrected chi connectivity index (χ1v) is 6.66. The van der Waals surface area contributed by atoms with Crippen molar-refractivity contribution in [2.45, 2.75) is 19.8 Å². The number of likely N-dealkylation sites (tertiary alicyclic amines) is 1. The Morgan fingerprint density at radius 1 is 1.56 bits per heavy atom. The molecule has 1 aromatic heterocycles. The summed E-state index contributed by atoms with van der Waals surface area (Å²) in [5.41, 5.74) is 0.149. The highest BCUT2D eigenvalue weighted by Crippen LogP contribution is 2.30. The number of hydrogen-bond acceptors (Lipinski definition) is 3. The Morgan fingerprint density at radius 3 is 2.78 bits per heavy atom. The minimum atomic E-state index is -0.294. The average Bonchev–Trinajstić information content (AvgIpc) is 2.39. The summed E-state index contributed by atoms with van der Waals surface area (Å²) >= 11 is 3.34. The highest BCUT2D eigenvalue weighted by Gasteiger charge is 2.32. The maximum atomic E-state index is 12.3. The van der Waals surface area contributed by atoms with Crippen LogP contribution >= 0.6 is 15.9 Å². The van der Waals surface area contributed by atoms with Crippen LogP contribution < -0.4 is 0 Å². The molecule has 0 N–H and O–H groups in total. The van der Waals surface area contributed by atoms with Crippen molar-refractivity contribution in [2.24, 2.45) is 5.41 Å². The van der Waals surface area contributed by atoms with Gasteiger partial charge in [0.2, 0.25) is 0 Å². The molecule has 1 aromatic rings. The molecular weight excluding hydrogens is 294 g/mol. The second kappa shape index (κ2) is 5.07. The molecule has 1 amide bonds. The molecule has 0 aliphatic carbocycles. The molecule has 2 heterocycles. The molecule has 1 saturated heterocycles. The topological polar surface area (TPSA) is 57.0 Å². The van der Waals surface area contributed by atoms with Gasteiger partial charge in [0.05, 0.1) is 11.5 Å². The maximum absolute atomic E-state index is 12.3. The number of amides is 1. The lowest BCUT2D eigenvalue weighted by molar-refractivity contribution is 0.0655. The highest BCUT2D eigenvalue weighted by atomic mass is 79.9. The van der Waals surface area contributed by atoms with E-state index in [1.54, 1.807) is 17.2 Å². The van der Waals surface area contributed by atoms with Crippen LogP contribution in [0.25, 0.3) is 0 Å². The summed E-state index contributed by atoms with van der Waals surface area (Å²) in [6, 6.07) is 5.92. The molecule has 5 heteroatoms. The van der Waals surface area contributed by atoms with Crippen LogP contribution in [0.4, 0.5) is 0 Å². The van der Waals surface area contributed by atoms with Gasteiger partial charge in [0.15, 0.2) is 0 Å². The number of halogens is 1. The van der Waals surface area contributed by atoms with E-state index in [4.69, 9.17) is 5.26 Å². The summed E-state index contributed by atoms with van der Waals surface area (Å²) in [7, 11) is 0. The SMILES string of the molecule is CC1(C#N)CCN(C(=O)c2ncccc2Br)CC1. The van der Waals surface area contributed by atoms with E-state index in [1.807, 2.05) is 13.0 Å². The van der Waals surface area contributed by atoms with Gasteiger partial charge in [-0.15, -0.1) is 0 Å². The second-order valence-corrected chi connectivity index (χ2v) is 5.65. The van der Waals surface area contributed by atoms with Crippen LogP contribution in [0.2, 0.25) is 0 Å². The zero-order chi connectivity index (χ0) is 13.2. The predicted molar refractivity (Wildman–Crippen MR) is 70.8 cm³/mol. The van der Waals surface area contributed by atoms with Crippen molar-refractivity contribution in [2.75, 3.05) is 13.1 Å². The average molecular weight is 308 g/mol. The second-order valence-electron chi connectivity index (χ2n) is 4.80. The largest absolute Gasteiger partial charge is 0.337 e. The van der Waals surface area contributed by atoms with Gasteiger partial charge in [-0.3, -0.25) is 4.79 Å². The van der Waals surface area contributed by atoms with Crippen molar-refractivity contribution in [3.63, 3.8) is 0 Å². The van der Waals surface area contributed by atoms with Crippen LogP contribution in [0.3, 0.4) is 0 Å². The minimum absolute atomic E-state index is 0.0672. The Kier molecular flexibility index (Phi) is 3.67. The summed E-state index contributed by atoms with van der Waals surface area (Å²) in [6.45, 7) is 3.18. The number of aromatic nitrogens is 1. The van der Waals surface area contributed by atoms with Crippen molar-refractivity contribution >= 4 is 21.8 Å². The summed E-state index contributed by atoms with van der Waals surface area (Å²) in [5.74, 6) is -0.0672. The third-order valence-electron chi connectivity index (χ3n) is 3.39. The van der Waals surface area contributed by atoms with Gasteiger partial charge < -0.3 is 4.90 Å². The van der Waals surface area contributed by atoms with Gasteiger partial charge in [0, 0.05) is 23.8 Å². The van der Waals surface area contributed by atoms with Crippen LogP contribution in [0.15, 0.2) is 22.8 Å². The molecular formula is C13H14BrN3O. The third-order valence-corrected chi connectivity index (χ3v) is 4.03. The van der Waals surface area contributed by atoms with E-state index in [-0.39, 0.29) is 11.3 Å². The van der Waals surface area contributed by atoms with Gasteiger partial charge in [0.25, 0.3) is 5.91 Å². The van der Waals surface area contributed by atoms with Crippen molar-refractivity contribution in [3.8, 4) is 6.07 Å². The molecule has 1 fully saturated rings. The Morgan fingerprint density at radius 2 is 2.22 bits per heavy atom. The number of carbonyl (C=O) groups excluding carboxylic acids is 1. The number of nitrogens with zero attached hydrogens (tertiary/aromatic N) is 3. The number of carbonyl (C=O) groups is 1. The molecule has 1 aliphatic rings. The molecule has 0 spiro atoms. The summed E-state index contributed by atoms with van der Waals surface area (Å²) in [6.07, 6.45) is 3.06. The number of piperidine rings is 1. The molecule has 0 aromatic carbocycles. The van der Waals surface area contributed by atoms with Gasteiger partial charge in [0.1, 0.15) is 5.69 Å². The van der Waals surface area contributed by atoms with Crippen molar-refractivity contribution in [1.29, 1.82) is 5.26 Å². The maximum Gasteiger partial charge on any atom is 0.273 e. The van der Waals surface area contributed by atoms with Gasteiger partial charge in [-0.2, -0.15) is 5.26 Å². The van der Waals surface area contributed by atoms with Gasteiger partial charge >= 0.3 is 0 Å². The van der Waals surface area contributed by atoms with E-state index in [9.17, 15) is 4.79 Å². The Bertz CT molecular complexity index is 501. The van der Waals surface area contributed by atoms with Gasteiger partial charge in [-0.25, -0.2) is 4.98 Å². The van der Waals surface area contributed by atoms with Crippen LogP contribution in [0.5, 0.6) is 0 Å². The quantitative estimate of drug-likeness (QED) is 0.801. The Balaban J connectivity index is 2.10. The number of nitriles is 1. The van der Waals surface area contributed by atoms with Crippen LogP contribution in [0.1, 0.15) is 30.3 Å². The predicted octanol–water partition coefficient (Wildman–Crippen LogP) is 2.61. The van der Waals surface area contributed by atoms with Gasteiger partial charge in [-0.1, -0.05) is 0 Å². The lowest BCUT2D eigenvalue weighted by Gasteiger charge is -2.34. The van der Waals surface area contributed by atoms with Crippen molar-refractivity contribution in [1.82, 2.24) is 9.88 Å². The van der Waals surface area contributed by atoms with E-state index in [2.05, 4.69) is 27.0 Å². The monoisotopic (exact) mass is 307 g/mol. The lowest BCUT2D eigenvalue weighted by Crippen LogP contribution is -2.42. The van der Waals surface area contributed by atoms with E-state index in [0.717, 1.165) is 12.8 Å². The normalized spacial score (nSPS) is 18.2. The first-order chi connectivity index (χ1) is 8.56. The number of pyridine rings is 1. The summed E-state index contributed by atoms with van der Waals surface area (Å²) in [5, 5.41) is 9.06. The van der Waals surface area contributed by atoms with E-state index in [1.165, 1.54) is 0 Å². The summed E-state index contributed by atoms with van der Waals surface area (Å²) < 4.78 is 0.712. The van der Waals surface area contributed by atoms with Crippen LogP contribution in [-0.2, 0) is 0 Å². The molecule has 0 atom stereocenters. The molecule has 2 rings (SSSR count). The fourth-order valence-electron chi connectivity index (χ4n) is 2.01. The van der Waals surface area contributed by atoms with Gasteiger partial charge in [-0.05, 0) is 47.8 Å².